The van der Waals surface area contributed by atoms with Gasteiger partial charge in [-0.1, -0.05) is 33.1 Å². The van der Waals surface area contributed by atoms with Crippen molar-refractivity contribution in [3.05, 3.63) is 70.8 Å². The van der Waals surface area contributed by atoms with E-state index in [0.29, 0.717) is 5.92 Å². The molecule has 0 fully saturated rings. The molecule has 2 aromatic carbocycles. The van der Waals surface area contributed by atoms with Gasteiger partial charge in [0.1, 0.15) is 0 Å². The van der Waals surface area contributed by atoms with Crippen molar-refractivity contribution in [3.63, 3.8) is 0 Å². The van der Waals surface area contributed by atoms with E-state index in [4.69, 9.17) is 11.5 Å². The summed E-state index contributed by atoms with van der Waals surface area (Å²) in [6.45, 7) is 1.68. The van der Waals surface area contributed by atoms with Crippen molar-refractivity contribution in [1.29, 1.82) is 0 Å². The van der Waals surface area contributed by atoms with Crippen LogP contribution in [-0.4, -0.2) is 46.2 Å². The maximum Gasteiger partial charge on any atom is 0.0653 e. The molecule has 0 saturated carbocycles. The van der Waals surface area contributed by atoms with Crippen LogP contribution in [0.4, 0.5) is 0 Å². The standard InChI is InChI=1S/C13H18NO2.C13H18NO.CH4.2Re/c14-13(8-15,9-16)12-6-5-10-3-1-2-4-11(10)7-12;1-13(14,9-15)12-7-6-10-4-2-3-5-11(10)8-12;;;/h2-4,12,15-16H,5-9,14H2;3-5,12,15H,6-9,14H2,1H3;1H4;;/q2*-1;;;. The molecule has 0 aliphatic heterocycles. The topological polar surface area (TPSA) is 113 Å². The van der Waals surface area contributed by atoms with E-state index in [-0.39, 0.29) is 74.0 Å². The third kappa shape index (κ3) is 8.04. The molecule has 2 aliphatic rings. The largest absolute Gasteiger partial charge is 0.394 e. The van der Waals surface area contributed by atoms with Crippen molar-refractivity contribution in [1.82, 2.24) is 0 Å². The van der Waals surface area contributed by atoms with Gasteiger partial charge < -0.3 is 26.8 Å². The summed E-state index contributed by atoms with van der Waals surface area (Å²) in [5, 5.41) is 27.9. The van der Waals surface area contributed by atoms with Gasteiger partial charge in [-0.25, -0.2) is 0 Å². The molecule has 2 aromatic rings. The number of aliphatic hydroxyl groups is 3. The monoisotopic (exact) mass is 814 g/mol. The summed E-state index contributed by atoms with van der Waals surface area (Å²) in [6, 6.07) is 18.3. The van der Waals surface area contributed by atoms with E-state index in [1.807, 2.05) is 25.1 Å². The van der Waals surface area contributed by atoms with Crippen LogP contribution >= 0.6 is 0 Å². The van der Waals surface area contributed by atoms with Gasteiger partial charge in [0.25, 0.3) is 0 Å². The van der Waals surface area contributed by atoms with Crippen molar-refractivity contribution in [3.8, 4) is 0 Å². The Kier molecular flexibility index (Phi) is 14.8. The molecule has 3 atom stereocenters. The first kappa shape index (κ1) is 33.6. The summed E-state index contributed by atoms with van der Waals surface area (Å²) in [7, 11) is 0. The number of benzene rings is 2. The van der Waals surface area contributed by atoms with E-state index < -0.39 is 11.1 Å². The summed E-state index contributed by atoms with van der Waals surface area (Å²) < 4.78 is 0. The van der Waals surface area contributed by atoms with Crippen LogP contribution in [0.15, 0.2) is 36.4 Å². The van der Waals surface area contributed by atoms with Gasteiger partial charge in [0, 0.05) is 46.4 Å². The molecule has 2 aliphatic carbocycles. The fraction of sp³-hybridized carbons (Fsp3) is 0.556. The number of hydrogen-bond acceptors (Lipinski definition) is 5. The molecule has 0 spiro atoms. The van der Waals surface area contributed by atoms with Crippen LogP contribution in [0.25, 0.3) is 0 Å². The number of aryl methyl sites for hydroxylation is 2. The summed E-state index contributed by atoms with van der Waals surface area (Å²) >= 11 is 0. The van der Waals surface area contributed by atoms with E-state index in [1.165, 1.54) is 22.3 Å². The molecule has 2 radical (unpaired) electrons. The third-order valence-corrected chi connectivity index (χ3v) is 7.23. The van der Waals surface area contributed by atoms with Crippen molar-refractivity contribution >= 4 is 0 Å². The van der Waals surface area contributed by atoms with Gasteiger partial charge >= 0.3 is 0 Å². The quantitative estimate of drug-likeness (QED) is 0.298. The predicted molar refractivity (Wildman–Crippen MR) is 129 cm³/mol. The number of aliphatic hydroxyl groups excluding tert-OH is 3. The van der Waals surface area contributed by atoms with Crippen molar-refractivity contribution in [2.45, 2.75) is 64.0 Å². The maximum absolute atomic E-state index is 9.29. The Morgan fingerprint density at radius 2 is 1.24 bits per heavy atom. The zero-order chi connectivity index (χ0) is 22.5. The fourth-order valence-electron chi connectivity index (χ4n) is 4.74. The number of fused-ring (bicyclic) bond motifs is 2. The molecule has 3 unspecified atom stereocenters. The van der Waals surface area contributed by atoms with Crippen LogP contribution in [0.1, 0.15) is 49.4 Å². The van der Waals surface area contributed by atoms with Gasteiger partial charge in [-0.3, -0.25) is 0 Å². The van der Waals surface area contributed by atoms with Crippen molar-refractivity contribution in [2.75, 3.05) is 19.8 Å². The van der Waals surface area contributed by atoms with Crippen LogP contribution in [0.5, 0.6) is 0 Å². The first-order chi connectivity index (χ1) is 14.8. The predicted octanol–water partition coefficient (Wildman–Crippen LogP) is 2.21. The first-order valence-corrected chi connectivity index (χ1v) is 11.2. The number of rotatable bonds is 5. The van der Waals surface area contributed by atoms with Crippen molar-refractivity contribution in [2.24, 2.45) is 23.3 Å². The zero-order valence-electron chi connectivity index (χ0n) is 19.2. The Hall–Kier alpha value is -0.435. The van der Waals surface area contributed by atoms with Crippen molar-refractivity contribution < 1.29 is 56.2 Å². The summed E-state index contributed by atoms with van der Waals surface area (Å²) in [4.78, 5) is 0. The molecule has 0 saturated heterocycles. The van der Waals surface area contributed by atoms with E-state index in [2.05, 4.69) is 30.3 Å². The van der Waals surface area contributed by atoms with Crippen LogP contribution in [0, 0.1) is 24.0 Å². The molecule has 0 heterocycles. The number of hydrogen-bond donors (Lipinski definition) is 5. The summed E-state index contributed by atoms with van der Waals surface area (Å²) in [6.07, 6.45) is 5.82. The smallest absolute Gasteiger partial charge is 0.0653 e. The van der Waals surface area contributed by atoms with E-state index >= 15 is 0 Å². The fourth-order valence-corrected chi connectivity index (χ4v) is 4.74. The molecular formula is C27H40N2O3Re2-2. The van der Waals surface area contributed by atoms with Crippen LogP contribution < -0.4 is 11.5 Å². The average Bonchev–Trinajstić information content (AvgIpc) is 2.83. The second-order valence-corrected chi connectivity index (χ2v) is 9.48. The molecule has 192 valence electrons. The zero-order valence-corrected chi connectivity index (χ0v) is 24.7. The molecule has 7 heteroatoms. The van der Waals surface area contributed by atoms with E-state index in [9.17, 15) is 15.3 Å². The number of nitrogens with two attached hydrogens (primary N) is 2. The Labute approximate surface area is 233 Å². The SMILES string of the molecule is C.CC(N)(CO)C1CCc2c[c-]ccc2C1.NC(CO)(CO)C1CCc2c[c-]ccc2C1.[Re].[Re]. The second kappa shape index (κ2) is 15.0. The van der Waals surface area contributed by atoms with Crippen LogP contribution in [0.2, 0.25) is 0 Å². The minimum absolute atomic E-state index is 0. The molecule has 4 rings (SSSR count). The minimum atomic E-state index is -0.850. The Morgan fingerprint density at radius 3 is 1.68 bits per heavy atom. The van der Waals surface area contributed by atoms with Gasteiger partial charge in [-0.2, -0.15) is 70.8 Å². The molecule has 0 aromatic heterocycles. The maximum atomic E-state index is 9.29. The van der Waals surface area contributed by atoms with Gasteiger partial charge in [0.2, 0.25) is 0 Å². The van der Waals surface area contributed by atoms with Gasteiger partial charge in [0.15, 0.2) is 0 Å². The normalized spacial score (nSPS) is 20.4. The Balaban J connectivity index is 0.000000590. The first-order valence-electron chi connectivity index (χ1n) is 11.2. The average molecular weight is 813 g/mol. The molecule has 34 heavy (non-hydrogen) atoms. The third-order valence-electron chi connectivity index (χ3n) is 7.23. The van der Waals surface area contributed by atoms with Gasteiger partial charge in [-0.15, -0.1) is 0 Å². The minimum Gasteiger partial charge on any atom is -0.394 e. The molecule has 0 amide bonds. The Bertz CT molecular complexity index is 859. The molecular weight excluding hydrogens is 773 g/mol. The second-order valence-electron chi connectivity index (χ2n) is 9.48. The summed E-state index contributed by atoms with van der Waals surface area (Å²) in [5.74, 6) is 0.537. The van der Waals surface area contributed by atoms with Gasteiger partial charge in [0.05, 0.1) is 25.4 Å². The molecule has 7 N–H and O–H groups in total. The van der Waals surface area contributed by atoms with E-state index in [1.54, 1.807) is 0 Å². The molecule has 5 nitrogen and oxygen atoms in total. The molecule has 0 bridgehead atoms. The van der Waals surface area contributed by atoms with Crippen LogP contribution in [-0.2, 0) is 66.5 Å². The van der Waals surface area contributed by atoms with E-state index in [0.717, 1.165) is 38.5 Å². The van der Waals surface area contributed by atoms with Gasteiger partial charge in [-0.05, 0) is 31.6 Å². The Morgan fingerprint density at radius 1 is 0.794 bits per heavy atom. The van der Waals surface area contributed by atoms with Crippen LogP contribution in [0.3, 0.4) is 0 Å². The summed E-state index contributed by atoms with van der Waals surface area (Å²) in [5.41, 5.74) is 16.2.